The van der Waals surface area contributed by atoms with Gasteiger partial charge >= 0.3 is 0 Å². The third-order valence-electron chi connectivity index (χ3n) is 4.60. The minimum atomic E-state index is 0.650. The van der Waals surface area contributed by atoms with Crippen molar-refractivity contribution >= 4 is 5.96 Å². The van der Waals surface area contributed by atoms with Gasteiger partial charge in [0.15, 0.2) is 5.96 Å². The lowest BCUT2D eigenvalue weighted by Crippen LogP contribution is -2.45. The Morgan fingerprint density at radius 1 is 1.35 bits per heavy atom. The lowest BCUT2D eigenvalue weighted by molar-refractivity contribution is 0.141. The first-order chi connectivity index (χ1) is 11.1. The van der Waals surface area contributed by atoms with E-state index in [-0.39, 0.29) is 0 Å². The van der Waals surface area contributed by atoms with Crippen LogP contribution in [-0.2, 0) is 6.54 Å². The Labute approximate surface area is 141 Å². The van der Waals surface area contributed by atoms with Crippen LogP contribution in [0.15, 0.2) is 29.3 Å². The molecule has 128 valence electrons. The number of rotatable bonds is 5. The van der Waals surface area contributed by atoms with E-state index in [0.717, 1.165) is 19.0 Å². The Morgan fingerprint density at radius 3 is 2.87 bits per heavy atom. The summed E-state index contributed by atoms with van der Waals surface area (Å²) in [4.78, 5) is 6.93. The first-order valence-electron chi connectivity index (χ1n) is 8.82. The van der Waals surface area contributed by atoms with E-state index in [1.165, 1.54) is 37.1 Å². The predicted molar refractivity (Wildman–Crippen MR) is 98.8 cm³/mol. The highest BCUT2D eigenvalue weighted by molar-refractivity contribution is 5.79. The van der Waals surface area contributed by atoms with Crippen LogP contribution in [0.4, 0.5) is 0 Å². The quantitative estimate of drug-likeness (QED) is 0.648. The molecule has 0 aromatic heterocycles. The molecule has 0 aliphatic carbocycles. The van der Waals surface area contributed by atoms with Gasteiger partial charge in [-0.3, -0.25) is 4.99 Å². The lowest BCUT2D eigenvalue weighted by atomic mass is 9.97. The highest BCUT2D eigenvalue weighted by Crippen LogP contribution is 2.17. The number of hydrogen-bond acceptors (Lipinski definition) is 2. The summed E-state index contributed by atoms with van der Waals surface area (Å²) in [6.07, 6.45) is 2.62. The number of nitrogens with one attached hydrogen (secondary N) is 2. The molecule has 4 nitrogen and oxygen atoms in total. The van der Waals surface area contributed by atoms with Crippen LogP contribution in [0.2, 0.25) is 0 Å². The summed E-state index contributed by atoms with van der Waals surface area (Å²) in [5, 5.41) is 6.91. The first kappa shape index (κ1) is 17.8. The molecule has 1 unspecified atom stereocenters. The fraction of sp³-hybridized carbons (Fsp3) is 0.632. The molecule has 1 aliphatic heterocycles. The van der Waals surface area contributed by atoms with Gasteiger partial charge in [-0.05, 0) is 51.6 Å². The highest BCUT2D eigenvalue weighted by Gasteiger charge is 2.21. The molecule has 0 radical (unpaired) electrons. The molecule has 0 amide bonds. The van der Waals surface area contributed by atoms with Crippen molar-refractivity contribution in [3.05, 3.63) is 35.4 Å². The van der Waals surface area contributed by atoms with Crippen molar-refractivity contribution in [3.8, 4) is 0 Å². The Balaban J connectivity index is 1.76. The minimum absolute atomic E-state index is 0.650. The van der Waals surface area contributed by atoms with Crippen molar-refractivity contribution in [1.82, 2.24) is 15.5 Å². The van der Waals surface area contributed by atoms with Gasteiger partial charge in [-0.15, -0.1) is 0 Å². The summed E-state index contributed by atoms with van der Waals surface area (Å²) in [6, 6.07) is 9.23. The molecular weight excluding hydrogens is 284 g/mol. The van der Waals surface area contributed by atoms with Crippen LogP contribution in [0.3, 0.4) is 0 Å². The maximum absolute atomic E-state index is 4.34. The van der Waals surface area contributed by atoms with E-state index in [2.05, 4.69) is 65.6 Å². The van der Waals surface area contributed by atoms with Gasteiger partial charge in [0.1, 0.15) is 0 Å². The maximum atomic E-state index is 4.34. The van der Waals surface area contributed by atoms with Gasteiger partial charge < -0.3 is 15.5 Å². The molecule has 1 heterocycles. The van der Waals surface area contributed by atoms with Crippen molar-refractivity contribution < 1.29 is 0 Å². The normalized spacial score (nSPS) is 19.9. The molecule has 23 heavy (non-hydrogen) atoms. The Kier molecular flexibility index (Phi) is 6.90. The molecule has 1 fully saturated rings. The van der Waals surface area contributed by atoms with Crippen LogP contribution in [-0.4, -0.2) is 43.6 Å². The second-order valence-corrected chi connectivity index (χ2v) is 6.89. The molecule has 1 saturated heterocycles. The van der Waals surface area contributed by atoms with Crippen LogP contribution in [0, 0.1) is 12.8 Å². The van der Waals surface area contributed by atoms with E-state index in [9.17, 15) is 0 Å². The third-order valence-corrected chi connectivity index (χ3v) is 4.60. The molecule has 1 aliphatic rings. The fourth-order valence-corrected chi connectivity index (χ4v) is 3.20. The third kappa shape index (κ3) is 5.87. The molecule has 0 bridgehead atoms. The van der Waals surface area contributed by atoms with Gasteiger partial charge in [0, 0.05) is 32.7 Å². The smallest absolute Gasteiger partial charge is 0.191 e. The van der Waals surface area contributed by atoms with Crippen LogP contribution in [0.5, 0.6) is 0 Å². The number of guanidine groups is 1. The standard InChI is InChI=1S/C19H32N4/c1-15(2)23-10-6-9-18(14-23)13-22-19(20-4)21-12-17-8-5-7-16(3)11-17/h5,7-8,11,15,18H,6,9-10,12-14H2,1-4H3,(H2,20,21,22). The number of benzene rings is 1. The summed E-state index contributed by atoms with van der Waals surface area (Å²) >= 11 is 0. The van der Waals surface area contributed by atoms with E-state index in [0.29, 0.717) is 12.0 Å². The second kappa shape index (κ2) is 8.92. The topological polar surface area (TPSA) is 39.7 Å². The van der Waals surface area contributed by atoms with Gasteiger partial charge in [0.25, 0.3) is 0 Å². The van der Waals surface area contributed by atoms with Crippen LogP contribution in [0.25, 0.3) is 0 Å². The number of nitrogens with zero attached hydrogens (tertiary/aromatic N) is 2. The average Bonchev–Trinajstić information content (AvgIpc) is 2.55. The molecule has 2 N–H and O–H groups in total. The fourth-order valence-electron chi connectivity index (χ4n) is 3.20. The second-order valence-electron chi connectivity index (χ2n) is 6.89. The average molecular weight is 316 g/mol. The van der Waals surface area contributed by atoms with Crippen LogP contribution in [0.1, 0.15) is 37.8 Å². The van der Waals surface area contributed by atoms with E-state index >= 15 is 0 Å². The number of piperidine rings is 1. The van der Waals surface area contributed by atoms with E-state index < -0.39 is 0 Å². The highest BCUT2D eigenvalue weighted by atomic mass is 15.2. The van der Waals surface area contributed by atoms with Crippen molar-refractivity contribution in [3.63, 3.8) is 0 Å². The predicted octanol–water partition coefficient (Wildman–Crippen LogP) is 2.78. The number of aliphatic imine (C=N–C) groups is 1. The molecule has 0 spiro atoms. The molecule has 1 atom stereocenters. The Bertz CT molecular complexity index is 510. The summed E-state index contributed by atoms with van der Waals surface area (Å²) in [7, 11) is 1.84. The van der Waals surface area contributed by atoms with E-state index in [1.807, 2.05) is 7.05 Å². The molecule has 1 aromatic rings. The lowest BCUT2D eigenvalue weighted by Gasteiger charge is -2.35. The number of likely N-dealkylation sites (tertiary alicyclic amines) is 1. The summed E-state index contributed by atoms with van der Waals surface area (Å²) in [5.74, 6) is 1.61. The maximum Gasteiger partial charge on any atom is 0.191 e. The van der Waals surface area contributed by atoms with Gasteiger partial charge in [0.05, 0.1) is 0 Å². The van der Waals surface area contributed by atoms with Crippen molar-refractivity contribution in [1.29, 1.82) is 0 Å². The zero-order valence-corrected chi connectivity index (χ0v) is 15.1. The van der Waals surface area contributed by atoms with Crippen molar-refractivity contribution in [2.24, 2.45) is 10.9 Å². The molecule has 4 heteroatoms. The van der Waals surface area contributed by atoms with Crippen LogP contribution >= 0.6 is 0 Å². The van der Waals surface area contributed by atoms with E-state index in [4.69, 9.17) is 0 Å². The Hall–Kier alpha value is -1.55. The molecule has 0 saturated carbocycles. The van der Waals surface area contributed by atoms with E-state index in [1.54, 1.807) is 0 Å². The SMILES string of the molecule is CN=C(NCc1cccc(C)c1)NCC1CCCN(C(C)C)C1. The summed E-state index contributed by atoms with van der Waals surface area (Å²) in [5.41, 5.74) is 2.58. The number of hydrogen-bond donors (Lipinski definition) is 2. The summed E-state index contributed by atoms with van der Waals surface area (Å²) in [6.45, 7) is 10.9. The van der Waals surface area contributed by atoms with Gasteiger partial charge in [-0.2, -0.15) is 0 Å². The van der Waals surface area contributed by atoms with Gasteiger partial charge in [0.2, 0.25) is 0 Å². The van der Waals surface area contributed by atoms with Gasteiger partial charge in [-0.1, -0.05) is 29.8 Å². The first-order valence-corrected chi connectivity index (χ1v) is 8.82. The zero-order valence-electron chi connectivity index (χ0n) is 15.1. The van der Waals surface area contributed by atoms with Gasteiger partial charge in [-0.25, -0.2) is 0 Å². The van der Waals surface area contributed by atoms with Crippen LogP contribution < -0.4 is 10.6 Å². The monoisotopic (exact) mass is 316 g/mol. The Morgan fingerprint density at radius 2 is 2.17 bits per heavy atom. The number of aryl methyl sites for hydroxylation is 1. The molecular formula is C19H32N4. The minimum Gasteiger partial charge on any atom is -0.356 e. The largest absolute Gasteiger partial charge is 0.356 e. The van der Waals surface area contributed by atoms with Crippen molar-refractivity contribution in [2.45, 2.75) is 46.2 Å². The zero-order chi connectivity index (χ0) is 16.7. The summed E-state index contributed by atoms with van der Waals surface area (Å²) < 4.78 is 0. The molecule has 2 rings (SSSR count). The van der Waals surface area contributed by atoms with Crippen molar-refractivity contribution in [2.75, 3.05) is 26.7 Å². The molecule has 1 aromatic carbocycles.